The fraction of sp³-hybridized carbons (Fsp3) is 0.222. The van der Waals surface area contributed by atoms with Crippen LogP contribution in [0.3, 0.4) is 0 Å². The highest BCUT2D eigenvalue weighted by atomic mass is 19.4. The van der Waals surface area contributed by atoms with Crippen molar-refractivity contribution >= 4 is 11.4 Å². The summed E-state index contributed by atoms with van der Waals surface area (Å²) >= 11 is 0. The predicted molar refractivity (Wildman–Crippen MR) is 83.8 cm³/mol. The van der Waals surface area contributed by atoms with Gasteiger partial charge in [0.2, 0.25) is 0 Å². The summed E-state index contributed by atoms with van der Waals surface area (Å²) in [6.07, 6.45) is -0.489. The minimum Gasteiger partial charge on any atom is -0.453 e. The number of fused-ring (bicyclic) bond motifs is 2. The molecule has 0 saturated heterocycles. The lowest BCUT2D eigenvalue weighted by molar-refractivity contribution is -0.137. The number of anilines is 2. The van der Waals surface area contributed by atoms with E-state index in [0.29, 0.717) is 24.7 Å². The Bertz CT molecular complexity index is 801. The van der Waals surface area contributed by atoms with Gasteiger partial charge < -0.3 is 14.4 Å². The van der Waals surface area contributed by atoms with E-state index in [4.69, 9.17) is 9.47 Å². The lowest BCUT2D eigenvalue weighted by Gasteiger charge is -2.38. The highest BCUT2D eigenvalue weighted by Gasteiger charge is 2.35. The van der Waals surface area contributed by atoms with Crippen molar-refractivity contribution in [1.82, 2.24) is 0 Å². The van der Waals surface area contributed by atoms with Crippen LogP contribution in [0.1, 0.15) is 5.56 Å². The van der Waals surface area contributed by atoms with E-state index < -0.39 is 11.7 Å². The summed E-state index contributed by atoms with van der Waals surface area (Å²) in [5.74, 6) is 0.728. The zero-order chi connectivity index (χ0) is 16.7. The first-order valence-electron chi connectivity index (χ1n) is 7.56. The average molecular weight is 333 g/mol. The molecule has 0 spiro atoms. The number of hydrogen-bond acceptors (Lipinski definition) is 3. The van der Waals surface area contributed by atoms with Gasteiger partial charge in [0.05, 0.1) is 36.2 Å². The molecule has 0 aromatic heterocycles. The van der Waals surface area contributed by atoms with Crippen molar-refractivity contribution in [3.8, 4) is 11.5 Å². The summed E-state index contributed by atoms with van der Waals surface area (Å²) in [5.41, 5.74) is 0.683. The van der Waals surface area contributed by atoms with Crippen LogP contribution in [0.5, 0.6) is 11.5 Å². The molecule has 0 radical (unpaired) electrons. The van der Waals surface area contributed by atoms with E-state index in [-0.39, 0.29) is 11.8 Å². The molecule has 2 aliphatic rings. The van der Waals surface area contributed by atoms with Crippen molar-refractivity contribution in [1.29, 1.82) is 0 Å². The van der Waals surface area contributed by atoms with Crippen LogP contribution in [0.4, 0.5) is 24.5 Å². The van der Waals surface area contributed by atoms with Crippen molar-refractivity contribution in [3.63, 3.8) is 0 Å². The molecule has 0 bridgehead atoms. The third-order valence-corrected chi connectivity index (χ3v) is 4.08. The molecule has 3 nitrogen and oxygen atoms in total. The van der Waals surface area contributed by atoms with Gasteiger partial charge in [-0.25, -0.2) is 0 Å². The number of alkyl halides is 3. The van der Waals surface area contributed by atoms with Crippen LogP contribution < -0.4 is 9.64 Å². The molecule has 124 valence electrons. The first-order chi connectivity index (χ1) is 11.5. The monoisotopic (exact) mass is 333 g/mol. The number of hydrogen-bond donors (Lipinski definition) is 0. The Morgan fingerprint density at radius 1 is 1.00 bits per heavy atom. The number of rotatable bonds is 1. The Labute approximate surface area is 136 Å². The van der Waals surface area contributed by atoms with E-state index in [0.717, 1.165) is 17.8 Å². The summed E-state index contributed by atoms with van der Waals surface area (Å²) in [6.45, 7) is 1.01. The smallest absolute Gasteiger partial charge is 0.416 e. The largest absolute Gasteiger partial charge is 0.453 e. The molecule has 0 amide bonds. The summed E-state index contributed by atoms with van der Waals surface area (Å²) in [5, 5.41) is 0. The molecule has 2 heterocycles. The second-order valence-electron chi connectivity index (χ2n) is 5.65. The molecule has 0 fully saturated rings. The second-order valence-corrected chi connectivity index (χ2v) is 5.65. The Balaban J connectivity index is 1.85. The normalized spacial score (nSPS) is 19.5. The van der Waals surface area contributed by atoms with Gasteiger partial charge >= 0.3 is 6.18 Å². The second kappa shape index (κ2) is 5.56. The van der Waals surface area contributed by atoms with Gasteiger partial charge in [0.15, 0.2) is 11.5 Å². The number of para-hydroxylation sites is 2. The molecule has 0 unspecified atom stereocenters. The van der Waals surface area contributed by atoms with E-state index >= 15 is 0 Å². The molecule has 0 saturated carbocycles. The summed E-state index contributed by atoms with van der Waals surface area (Å²) in [6, 6.07) is 10.8. The topological polar surface area (TPSA) is 21.7 Å². The third-order valence-electron chi connectivity index (χ3n) is 4.08. The molecule has 4 rings (SSSR count). The van der Waals surface area contributed by atoms with Gasteiger partial charge in [0.1, 0.15) is 0 Å². The van der Waals surface area contributed by atoms with E-state index in [9.17, 15) is 13.2 Å². The standard InChI is InChI=1S/C18H14F3NO2/c19-18(20,21)12-7-8-15-17(10-12)24-16-6-2-1-5-14(16)22(15)13-4-3-9-23-11-13/h1-8,10,13H,9,11H2/t13-/m1/s1. The Morgan fingerprint density at radius 3 is 2.54 bits per heavy atom. The Kier molecular flexibility index (Phi) is 3.49. The van der Waals surface area contributed by atoms with Gasteiger partial charge in [-0.05, 0) is 30.3 Å². The molecule has 6 heteroatoms. The highest BCUT2D eigenvalue weighted by Crippen LogP contribution is 2.49. The highest BCUT2D eigenvalue weighted by molar-refractivity contribution is 5.79. The summed E-state index contributed by atoms with van der Waals surface area (Å²) in [4.78, 5) is 1.96. The molecule has 2 aromatic rings. The first-order valence-corrected chi connectivity index (χ1v) is 7.56. The van der Waals surface area contributed by atoms with Gasteiger partial charge in [0.25, 0.3) is 0 Å². The maximum atomic E-state index is 13.0. The van der Waals surface area contributed by atoms with Crippen molar-refractivity contribution < 1.29 is 22.6 Å². The van der Waals surface area contributed by atoms with E-state index in [1.165, 1.54) is 6.07 Å². The van der Waals surface area contributed by atoms with Crippen molar-refractivity contribution in [2.24, 2.45) is 0 Å². The van der Waals surface area contributed by atoms with Crippen LogP contribution in [-0.2, 0) is 10.9 Å². The molecule has 2 aliphatic heterocycles. The lowest BCUT2D eigenvalue weighted by atomic mass is 10.1. The van der Waals surface area contributed by atoms with Gasteiger partial charge in [-0.15, -0.1) is 0 Å². The van der Waals surface area contributed by atoms with Crippen LogP contribution in [0.15, 0.2) is 54.6 Å². The maximum Gasteiger partial charge on any atom is 0.416 e. The molecule has 0 N–H and O–H groups in total. The number of halogens is 3. The minimum atomic E-state index is -4.41. The van der Waals surface area contributed by atoms with Gasteiger partial charge in [-0.3, -0.25) is 0 Å². The zero-order valence-corrected chi connectivity index (χ0v) is 12.6. The van der Waals surface area contributed by atoms with Crippen LogP contribution in [0, 0.1) is 0 Å². The lowest BCUT2D eigenvalue weighted by Crippen LogP contribution is -2.37. The van der Waals surface area contributed by atoms with E-state index in [1.54, 1.807) is 12.1 Å². The van der Waals surface area contributed by atoms with Gasteiger partial charge in [-0.1, -0.05) is 24.3 Å². The fourth-order valence-corrected chi connectivity index (χ4v) is 3.00. The fourth-order valence-electron chi connectivity index (χ4n) is 3.00. The number of benzene rings is 2. The minimum absolute atomic E-state index is 0.0979. The Hall–Kier alpha value is -2.47. The molecular formula is C18H14F3NO2. The van der Waals surface area contributed by atoms with Crippen LogP contribution in [0.25, 0.3) is 0 Å². The molecule has 24 heavy (non-hydrogen) atoms. The number of nitrogens with zero attached hydrogens (tertiary/aromatic N) is 1. The van der Waals surface area contributed by atoms with Crippen molar-refractivity contribution in [2.45, 2.75) is 12.2 Å². The zero-order valence-electron chi connectivity index (χ0n) is 12.6. The average Bonchev–Trinajstić information content (AvgIpc) is 2.59. The van der Waals surface area contributed by atoms with Crippen LogP contribution >= 0.6 is 0 Å². The van der Waals surface area contributed by atoms with Crippen LogP contribution in [-0.4, -0.2) is 19.3 Å². The van der Waals surface area contributed by atoms with E-state index in [1.807, 2.05) is 29.2 Å². The predicted octanol–water partition coefficient (Wildman–Crippen LogP) is 4.90. The SMILES string of the molecule is FC(F)(F)c1ccc2c(c1)Oc1ccccc1N2[C@@H]1C=CCOC1. The number of ether oxygens (including phenoxy) is 2. The van der Waals surface area contributed by atoms with Crippen LogP contribution in [0.2, 0.25) is 0 Å². The molecule has 2 aromatic carbocycles. The van der Waals surface area contributed by atoms with Gasteiger partial charge in [-0.2, -0.15) is 13.2 Å². The molecule has 1 atom stereocenters. The Morgan fingerprint density at radius 2 is 1.79 bits per heavy atom. The molecule has 0 aliphatic carbocycles. The molecular weight excluding hydrogens is 319 g/mol. The summed E-state index contributed by atoms with van der Waals surface area (Å²) < 4.78 is 50.2. The van der Waals surface area contributed by atoms with Crippen molar-refractivity contribution in [2.75, 3.05) is 18.1 Å². The quantitative estimate of drug-likeness (QED) is 0.693. The first kappa shape index (κ1) is 15.1. The van der Waals surface area contributed by atoms with Gasteiger partial charge in [0, 0.05) is 0 Å². The maximum absolute atomic E-state index is 13.0. The van der Waals surface area contributed by atoms with E-state index in [2.05, 4.69) is 0 Å². The summed E-state index contributed by atoms with van der Waals surface area (Å²) in [7, 11) is 0. The van der Waals surface area contributed by atoms with Crippen molar-refractivity contribution in [3.05, 3.63) is 60.2 Å². The third kappa shape index (κ3) is 2.53.